The second kappa shape index (κ2) is 8.55. The fourth-order valence-corrected chi connectivity index (χ4v) is 1.16. The van der Waals surface area contributed by atoms with Crippen molar-refractivity contribution >= 4 is 17.8 Å². The van der Waals surface area contributed by atoms with Crippen LogP contribution in [0.5, 0.6) is 0 Å². The topological polar surface area (TPSA) is 95.5 Å². The van der Waals surface area contributed by atoms with E-state index in [9.17, 15) is 14.4 Å². The fraction of sp³-hybridized carbons (Fsp3) is 0.727. The summed E-state index contributed by atoms with van der Waals surface area (Å²) in [4.78, 5) is 32.9. The number of nitrogens with one attached hydrogen (secondary N) is 2. The first-order valence-electron chi connectivity index (χ1n) is 5.76. The van der Waals surface area contributed by atoms with Crippen LogP contribution in [0.1, 0.15) is 39.5 Å². The summed E-state index contributed by atoms with van der Waals surface area (Å²) in [5, 5.41) is 13.2. The molecule has 0 radical (unpaired) electrons. The Balaban J connectivity index is 3.69. The summed E-state index contributed by atoms with van der Waals surface area (Å²) in [5.41, 5.74) is 0. The van der Waals surface area contributed by atoms with Gasteiger partial charge in [-0.2, -0.15) is 0 Å². The molecular formula is C11H20N2O4. The van der Waals surface area contributed by atoms with Crippen molar-refractivity contribution in [2.45, 2.75) is 45.6 Å². The molecule has 17 heavy (non-hydrogen) atoms. The second-order valence-corrected chi connectivity index (χ2v) is 3.86. The molecule has 2 amide bonds. The van der Waals surface area contributed by atoms with Crippen molar-refractivity contribution in [1.29, 1.82) is 0 Å². The summed E-state index contributed by atoms with van der Waals surface area (Å²) in [6.45, 7) is 3.23. The molecule has 0 aliphatic carbocycles. The number of hydrogen-bond acceptors (Lipinski definition) is 3. The van der Waals surface area contributed by atoms with Crippen LogP contribution in [0.25, 0.3) is 0 Å². The van der Waals surface area contributed by atoms with Gasteiger partial charge in [0.1, 0.15) is 6.04 Å². The SMILES string of the molecule is CCCCCC(=O)NCC(=O)NC(C)C(=O)O. The molecule has 0 rings (SSSR count). The smallest absolute Gasteiger partial charge is 0.325 e. The van der Waals surface area contributed by atoms with Gasteiger partial charge in [0.2, 0.25) is 11.8 Å². The number of hydrogen-bond donors (Lipinski definition) is 3. The number of carbonyl (C=O) groups is 3. The molecule has 0 aromatic carbocycles. The summed E-state index contributed by atoms with van der Waals surface area (Å²) in [6.07, 6.45) is 3.21. The van der Waals surface area contributed by atoms with Gasteiger partial charge in [-0.25, -0.2) is 0 Å². The number of amides is 2. The number of aliphatic carboxylic acids is 1. The minimum atomic E-state index is -1.10. The maximum absolute atomic E-state index is 11.2. The van der Waals surface area contributed by atoms with Crippen LogP contribution < -0.4 is 10.6 Å². The van der Waals surface area contributed by atoms with Gasteiger partial charge in [0.15, 0.2) is 0 Å². The van der Waals surface area contributed by atoms with Crippen LogP contribution in [0, 0.1) is 0 Å². The van der Waals surface area contributed by atoms with E-state index in [0.717, 1.165) is 19.3 Å². The van der Waals surface area contributed by atoms with Crippen LogP contribution >= 0.6 is 0 Å². The number of carbonyl (C=O) groups excluding carboxylic acids is 2. The Morgan fingerprint density at radius 2 is 1.82 bits per heavy atom. The van der Waals surface area contributed by atoms with Gasteiger partial charge in [0, 0.05) is 6.42 Å². The van der Waals surface area contributed by atoms with E-state index in [2.05, 4.69) is 10.6 Å². The Labute approximate surface area is 101 Å². The standard InChI is InChI=1S/C11H20N2O4/c1-3-4-5-6-9(14)12-7-10(15)13-8(2)11(16)17/h8H,3-7H2,1-2H3,(H,12,14)(H,13,15)(H,16,17). The van der Waals surface area contributed by atoms with Gasteiger partial charge in [0.05, 0.1) is 6.54 Å². The summed E-state index contributed by atoms with van der Waals surface area (Å²) in [5.74, 6) is -1.78. The van der Waals surface area contributed by atoms with Crippen molar-refractivity contribution in [2.75, 3.05) is 6.54 Å². The molecular weight excluding hydrogens is 224 g/mol. The highest BCUT2D eigenvalue weighted by Crippen LogP contribution is 1.97. The molecule has 0 aromatic rings. The molecule has 1 unspecified atom stereocenters. The molecule has 98 valence electrons. The molecule has 6 heteroatoms. The van der Waals surface area contributed by atoms with Crippen molar-refractivity contribution in [2.24, 2.45) is 0 Å². The molecule has 0 aliphatic heterocycles. The third-order valence-electron chi connectivity index (χ3n) is 2.20. The van der Waals surface area contributed by atoms with Gasteiger partial charge in [-0.05, 0) is 13.3 Å². The normalized spacial score (nSPS) is 11.6. The molecule has 0 spiro atoms. The maximum atomic E-state index is 11.2. The van der Waals surface area contributed by atoms with Gasteiger partial charge in [0.25, 0.3) is 0 Å². The molecule has 3 N–H and O–H groups in total. The summed E-state index contributed by atoms with van der Waals surface area (Å²) in [6, 6.07) is -0.945. The minimum absolute atomic E-state index is 0.178. The zero-order valence-corrected chi connectivity index (χ0v) is 10.3. The van der Waals surface area contributed by atoms with Crippen molar-refractivity contribution in [3.63, 3.8) is 0 Å². The number of carboxylic acid groups (broad SMARTS) is 1. The number of rotatable bonds is 8. The highest BCUT2D eigenvalue weighted by Gasteiger charge is 2.13. The van der Waals surface area contributed by atoms with Gasteiger partial charge >= 0.3 is 5.97 Å². The first-order chi connectivity index (χ1) is 7.97. The molecule has 0 bridgehead atoms. The van der Waals surface area contributed by atoms with E-state index in [1.54, 1.807) is 0 Å². The average molecular weight is 244 g/mol. The quantitative estimate of drug-likeness (QED) is 0.534. The highest BCUT2D eigenvalue weighted by atomic mass is 16.4. The van der Waals surface area contributed by atoms with E-state index >= 15 is 0 Å². The summed E-state index contributed by atoms with van der Waals surface area (Å²) < 4.78 is 0. The van der Waals surface area contributed by atoms with Gasteiger partial charge < -0.3 is 15.7 Å². The molecule has 1 atom stereocenters. The third kappa shape index (κ3) is 8.24. The molecule has 6 nitrogen and oxygen atoms in total. The Kier molecular flexibility index (Phi) is 7.75. The molecule has 0 aliphatic rings. The second-order valence-electron chi connectivity index (χ2n) is 3.86. The number of unbranched alkanes of at least 4 members (excludes halogenated alkanes) is 2. The Hall–Kier alpha value is -1.59. The van der Waals surface area contributed by atoms with Crippen molar-refractivity contribution in [1.82, 2.24) is 10.6 Å². The summed E-state index contributed by atoms with van der Waals surface area (Å²) in [7, 11) is 0. The largest absolute Gasteiger partial charge is 0.480 e. The lowest BCUT2D eigenvalue weighted by Crippen LogP contribution is -2.43. The van der Waals surface area contributed by atoms with Crippen molar-refractivity contribution in [3.8, 4) is 0 Å². The lowest BCUT2D eigenvalue weighted by Gasteiger charge is -2.09. The van der Waals surface area contributed by atoms with E-state index in [1.807, 2.05) is 6.92 Å². The van der Waals surface area contributed by atoms with Gasteiger partial charge in [-0.15, -0.1) is 0 Å². The Morgan fingerprint density at radius 3 is 2.35 bits per heavy atom. The Morgan fingerprint density at radius 1 is 1.18 bits per heavy atom. The van der Waals surface area contributed by atoms with Crippen LogP contribution in [0.2, 0.25) is 0 Å². The van der Waals surface area contributed by atoms with Crippen LogP contribution in [-0.2, 0) is 14.4 Å². The van der Waals surface area contributed by atoms with E-state index in [0.29, 0.717) is 6.42 Å². The lowest BCUT2D eigenvalue weighted by atomic mass is 10.2. The molecule has 0 aromatic heterocycles. The Bertz CT molecular complexity index is 279. The zero-order valence-electron chi connectivity index (χ0n) is 10.3. The van der Waals surface area contributed by atoms with E-state index in [4.69, 9.17) is 5.11 Å². The maximum Gasteiger partial charge on any atom is 0.325 e. The molecule has 0 fully saturated rings. The van der Waals surface area contributed by atoms with Gasteiger partial charge in [-0.3, -0.25) is 14.4 Å². The minimum Gasteiger partial charge on any atom is -0.480 e. The van der Waals surface area contributed by atoms with Crippen LogP contribution in [-0.4, -0.2) is 35.5 Å². The van der Waals surface area contributed by atoms with Crippen molar-refractivity contribution < 1.29 is 19.5 Å². The monoisotopic (exact) mass is 244 g/mol. The van der Waals surface area contributed by atoms with E-state index in [1.165, 1.54) is 6.92 Å². The fourth-order valence-electron chi connectivity index (χ4n) is 1.16. The van der Waals surface area contributed by atoms with Gasteiger partial charge in [-0.1, -0.05) is 19.8 Å². The van der Waals surface area contributed by atoms with Crippen LogP contribution in [0.4, 0.5) is 0 Å². The average Bonchev–Trinajstić information content (AvgIpc) is 2.26. The van der Waals surface area contributed by atoms with Crippen LogP contribution in [0.3, 0.4) is 0 Å². The van der Waals surface area contributed by atoms with Crippen molar-refractivity contribution in [3.05, 3.63) is 0 Å². The van der Waals surface area contributed by atoms with E-state index in [-0.39, 0.29) is 12.5 Å². The molecule has 0 saturated heterocycles. The van der Waals surface area contributed by atoms with E-state index < -0.39 is 17.9 Å². The molecule has 0 heterocycles. The first kappa shape index (κ1) is 15.4. The lowest BCUT2D eigenvalue weighted by molar-refractivity contribution is -0.141. The highest BCUT2D eigenvalue weighted by molar-refractivity contribution is 5.87. The van der Waals surface area contributed by atoms with Crippen LogP contribution in [0.15, 0.2) is 0 Å². The third-order valence-corrected chi connectivity index (χ3v) is 2.20. The number of carboxylic acids is 1. The predicted octanol–water partition coefficient (Wildman–Crippen LogP) is 0.272. The molecule has 0 saturated carbocycles. The predicted molar refractivity (Wildman–Crippen MR) is 62.4 cm³/mol. The summed E-state index contributed by atoms with van der Waals surface area (Å²) >= 11 is 0. The zero-order chi connectivity index (χ0) is 13.3. The first-order valence-corrected chi connectivity index (χ1v) is 5.76.